The Balaban J connectivity index is 2.30. The molecule has 1 aromatic heterocycles. The summed E-state index contributed by atoms with van der Waals surface area (Å²) in [5, 5.41) is 0. The van der Waals surface area contributed by atoms with Crippen LogP contribution in [0, 0.1) is 9.39 Å². The molecule has 126 valence electrons. The highest BCUT2D eigenvalue weighted by atomic mass is 127. The van der Waals surface area contributed by atoms with E-state index in [1.807, 2.05) is 22.6 Å². The van der Waals surface area contributed by atoms with E-state index in [1.54, 1.807) is 25.1 Å². The van der Waals surface area contributed by atoms with Gasteiger partial charge in [0.1, 0.15) is 11.6 Å². The Hall–Kier alpha value is -1.97. The van der Waals surface area contributed by atoms with Gasteiger partial charge in [0, 0.05) is 29.8 Å². The van der Waals surface area contributed by atoms with Crippen LogP contribution in [0.2, 0.25) is 0 Å². The minimum atomic E-state index is -0.559. The van der Waals surface area contributed by atoms with Gasteiger partial charge in [-0.2, -0.15) is 0 Å². The summed E-state index contributed by atoms with van der Waals surface area (Å²) in [6.07, 6.45) is 3.03. The summed E-state index contributed by atoms with van der Waals surface area (Å²) in [4.78, 5) is 31.0. The summed E-state index contributed by atoms with van der Waals surface area (Å²) < 4.78 is 17.5. The number of aliphatic imine (C=N–C) groups is 1. The van der Waals surface area contributed by atoms with Gasteiger partial charge < -0.3 is 4.90 Å². The monoisotopic (exact) mass is 442 g/mol. The van der Waals surface area contributed by atoms with Crippen molar-refractivity contribution in [3.8, 4) is 5.69 Å². The predicted octanol–water partition coefficient (Wildman–Crippen LogP) is 2.30. The summed E-state index contributed by atoms with van der Waals surface area (Å²) in [5.41, 5.74) is -0.882. The Kier molecular flexibility index (Phi) is 4.57. The van der Waals surface area contributed by atoms with Crippen LogP contribution in [0.3, 0.4) is 0 Å². The predicted molar refractivity (Wildman–Crippen MR) is 99.1 cm³/mol. The van der Waals surface area contributed by atoms with E-state index in [-0.39, 0.29) is 17.5 Å². The molecule has 0 N–H and O–H groups in total. The average Bonchev–Trinajstić information content (AvgIpc) is 3.31. The Morgan fingerprint density at radius 3 is 2.58 bits per heavy atom. The number of hydrogen-bond donors (Lipinski definition) is 0. The second kappa shape index (κ2) is 6.50. The van der Waals surface area contributed by atoms with Crippen LogP contribution < -0.4 is 11.2 Å². The van der Waals surface area contributed by atoms with Gasteiger partial charge in [0.05, 0.1) is 12.0 Å². The Labute approximate surface area is 151 Å². The van der Waals surface area contributed by atoms with Gasteiger partial charge in [-0.25, -0.2) is 18.7 Å². The van der Waals surface area contributed by atoms with Crippen molar-refractivity contribution >= 4 is 34.7 Å². The van der Waals surface area contributed by atoms with Crippen LogP contribution in [-0.2, 0) is 0 Å². The summed E-state index contributed by atoms with van der Waals surface area (Å²) in [7, 11) is 3.53. The maximum Gasteiger partial charge on any atom is 0.337 e. The normalized spacial score (nSPS) is 14.3. The van der Waals surface area contributed by atoms with Crippen LogP contribution in [0.25, 0.3) is 5.69 Å². The van der Waals surface area contributed by atoms with Crippen molar-refractivity contribution in [3.05, 3.63) is 54.5 Å². The second-order valence-electron chi connectivity index (χ2n) is 5.86. The zero-order chi connectivity index (χ0) is 17.4. The van der Waals surface area contributed by atoms with E-state index in [1.165, 1.54) is 29.1 Å². The highest BCUT2D eigenvalue weighted by Gasteiger charge is 2.28. The number of aromatic nitrogens is 2. The lowest BCUT2D eigenvalue weighted by molar-refractivity contribution is 0.593. The highest BCUT2D eigenvalue weighted by molar-refractivity contribution is 14.1. The van der Waals surface area contributed by atoms with E-state index >= 15 is 0 Å². The Morgan fingerprint density at radius 1 is 1.29 bits per heavy atom. The molecule has 1 saturated carbocycles. The minimum Gasteiger partial charge on any atom is -0.369 e. The van der Waals surface area contributed by atoms with Crippen molar-refractivity contribution < 1.29 is 4.39 Å². The molecule has 1 aliphatic carbocycles. The smallest absolute Gasteiger partial charge is 0.337 e. The van der Waals surface area contributed by atoms with Gasteiger partial charge in [-0.3, -0.25) is 9.36 Å². The first-order valence-corrected chi connectivity index (χ1v) is 8.51. The van der Waals surface area contributed by atoms with Crippen LogP contribution in [0.15, 0.2) is 38.8 Å². The van der Waals surface area contributed by atoms with Crippen molar-refractivity contribution in [2.45, 2.75) is 18.9 Å². The van der Waals surface area contributed by atoms with Gasteiger partial charge in [-0.1, -0.05) is 0 Å². The fraction of sp³-hybridized carbons (Fsp3) is 0.312. The minimum absolute atomic E-state index is 0.0840. The third kappa shape index (κ3) is 3.28. The second-order valence-corrected chi connectivity index (χ2v) is 7.11. The molecule has 6 nitrogen and oxygen atoms in total. The molecule has 1 fully saturated rings. The van der Waals surface area contributed by atoms with Crippen molar-refractivity contribution in [2.24, 2.45) is 4.99 Å². The third-order valence-electron chi connectivity index (χ3n) is 3.60. The number of halogens is 2. The molecular weight excluding hydrogens is 426 g/mol. The maximum atomic E-state index is 14.4. The van der Waals surface area contributed by atoms with E-state index in [0.717, 1.165) is 21.0 Å². The van der Waals surface area contributed by atoms with Crippen LogP contribution in [0.4, 0.5) is 10.2 Å². The Bertz CT molecular complexity index is 929. The van der Waals surface area contributed by atoms with Crippen molar-refractivity contribution in [1.29, 1.82) is 0 Å². The molecule has 1 aliphatic rings. The van der Waals surface area contributed by atoms with E-state index in [0.29, 0.717) is 0 Å². The number of hydrogen-bond acceptors (Lipinski definition) is 3. The lowest BCUT2D eigenvalue weighted by Gasteiger charge is -2.14. The van der Waals surface area contributed by atoms with Crippen molar-refractivity contribution in [3.63, 3.8) is 0 Å². The first-order valence-electron chi connectivity index (χ1n) is 7.43. The molecule has 24 heavy (non-hydrogen) atoms. The zero-order valence-electron chi connectivity index (χ0n) is 13.2. The zero-order valence-corrected chi connectivity index (χ0v) is 15.4. The first kappa shape index (κ1) is 16.9. The molecule has 0 unspecified atom stereocenters. The molecule has 0 atom stereocenters. The van der Waals surface area contributed by atoms with Crippen LogP contribution in [0.5, 0.6) is 0 Å². The van der Waals surface area contributed by atoms with Gasteiger partial charge in [0.2, 0.25) is 0 Å². The van der Waals surface area contributed by atoms with Gasteiger partial charge in [-0.05, 0) is 53.6 Å². The molecule has 1 aromatic carbocycles. The molecule has 0 amide bonds. The SMILES string of the molecule is CN(C)C=Nc1cc(=O)n(C2CC2)c(=O)n1-c1ccc(I)cc1F. The summed E-state index contributed by atoms with van der Waals surface area (Å²) in [6.45, 7) is 0. The fourth-order valence-electron chi connectivity index (χ4n) is 2.37. The van der Waals surface area contributed by atoms with Crippen molar-refractivity contribution in [2.75, 3.05) is 14.1 Å². The molecule has 0 aliphatic heterocycles. The van der Waals surface area contributed by atoms with Gasteiger partial charge in [0.25, 0.3) is 5.56 Å². The van der Waals surface area contributed by atoms with Crippen LogP contribution in [0.1, 0.15) is 18.9 Å². The van der Waals surface area contributed by atoms with Crippen molar-refractivity contribution in [1.82, 2.24) is 14.0 Å². The molecule has 0 saturated heterocycles. The van der Waals surface area contributed by atoms with E-state index in [2.05, 4.69) is 4.99 Å². The van der Waals surface area contributed by atoms with Gasteiger partial charge >= 0.3 is 5.69 Å². The van der Waals surface area contributed by atoms with E-state index in [9.17, 15) is 14.0 Å². The molecule has 3 rings (SSSR count). The standard InChI is InChI=1S/C16H16FIN4O2/c1-20(2)9-19-14-8-15(23)21(11-4-5-11)16(24)22(14)13-6-3-10(18)7-12(13)17/h3,6-9,11H,4-5H2,1-2H3. The molecule has 2 aromatic rings. The number of nitrogens with zero attached hydrogens (tertiary/aromatic N) is 4. The maximum absolute atomic E-state index is 14.4. The van der Waals surface area contributed by atoms with E-state index < -0.39 is 17.1 Å². The lowest BCUT2D eigenvalue weighted by Crippen LogP contribution is -2.38. The first-order chi connectivity index (χ1) is 11.4. The topological polar surface area (TPSA) is 59.6 Å². The number of benzene rings is 1. The van der Waals surface area contributed by atoms with E-state index in [4.69, 9.17) is 0 Å². The Morgan fingerprint density at radius 2 is 2.00 bits per heavy atom. The van der Waals surface area contributed by atoms with Gasteiger partial charge in [0.15, 0.2) is 0 Å². The molecular formula is C16H16FIN4O2. The highest BCUT2D eigenvalue weighted by Crippen LogP contribution is 2.32. The fourth-order valence-corrected chi connectivity index (χ4v) is 2.83. The number of rotatable bonds is 4. The molecule has 0 bridgehead atoms. The molecule has 8 heteroatoms. The average molecular weight is 442 g/mol. The molecule has 1 heterocycles. The lowest BCUT2D eigenvalue weighted by atomic mass is 10.3. The molecule has 0 radical (unpaired) electrons. The third-order valence-corrected chi connectivity index (χ3v) is 4.27. The summed E-state index contributed by atoms with van der Waals surface area (Å²) >= 11 is 2.00. The van der Waals surface area contributed by atoms with Gasteiger partial charge in [-0.15, -0.1) is 0 Å². The molecule has 0 spiro atoms. The summed E-state index contributed by atoms with van der Waals surface area (Å²) in [5.74, 6) is -0.429. The summed E-state index contributed by atoms with van der Waals surface area (Å²) in [6, 6.07) is 5.74. The largest absolute Gasteiger partial charge is 0.369 e. The van der Waals surface area contributed by atoms with Crippen LogP contribution >= 0.6 is 22.6 Å². The van der Waals surface area contributed by atoms with Crippen LogP contribution in [-0.4, -0.2) is 34.5 Å². The quantitative estimate of drug-likeness (QED) is 0.415.